The number of hydrogen-bond acceptors (Lipinski definition) is 5. The highest BCUT2D eigenvalue weighted by Crippen LogP contribution is 2.14. The van der Waals surface area contributed by atoms with Crippen LogP contribution in [0.5, 0.6) is 0 Å². The zero-order chi connectivity index (χ0) is 20.9. The highest BCUT2D eigenvalue weighted by Gasteiger charge is 2.16. The predicted octanol–water partition coefficient (Wildman–Crippen LogP) is 1.51. The van der Waals surface area contributed by atoms with E-state index in [0.717, 1.165) is 0 Å². The molecule has 3 rings (SSSR count). The number of carbonyl (C=O) groups excluding carboxylic acids is 1. The van der Waals surface area contributed by atoms with E-state index < -0.39 is 15.7 Å². The lowest BCUT2D eigenvalue weighted by Crippen LogP contribution is -2.29. The van der Waals surface area contributed by atoms with E-state index in [4.69, 9.17) is 6.42 Å². The van der Waals surface area contributed by atoms with Crippen LogP contribution in [-0.2, 0) is 27.7 Å². The number of rotatable bonds is 7. The molecule has 1 N–H and O–H groups in total. The van der Waals surface area contributed by atoms with Gasteiger partial charge in [0.2, 0.25) is 5.91 Å². The molecule has 0 aliphatic carbocycles. The van der Waals surface area contributed by atoms with Gasteiger partial charge < -0.3 is 5.32 Å². The summed E-state index contributed by atoms with van der Waals surface area (Å²) in [6.07, 6.45) is 5.12. The number of benzene rings is 2. The van der Waals surface area contributed by atoms with Crippen LogP contribution in [0.3, 0.4) is 0 Å². The van der Waals surface area contributed by atoms with Crippen LogP contribution in [-0.4, -0.2) is 29.9 Å². The molecule has 1 aromatic heterocycles. The number of terminal acetylenes is 1. The molecule has 0 atom stereocenters. The molecule has 0 radical (unpaired) electrons. The minimum atomic E-state index is -3.54. The first-order valence-corrected chi connectivity index (χ1v) is 10.5. The van der Waals surface area contributed by atoms with E-state index in [2.05, 4.69) is 16.3 Å². The Morgan fingerprint density at radius 3 is 2.41 bits per heavy atom. The lowest BCUT2D eigenvalue weighted by molar-refractivity contribution is -0.120. The van der Waals surface area contributed by atoms with Crippen LogP contribution in [0.2, 0.25) is 0 Å². The first kappa shape index (κ1) is 20.3. The molecule has 0 spiro atoms. The number of nitrogens with zero attached hydrogens (tertiary/aromatic N) is 2. The van der Waals surface area contributed by atoms with Crippen molar-refractivity contribution in [2.24, 2.45) is 0 Å². The highest BCUT2D eigenvalue weighted by atomic mass is 32.2. The molecule has 3 aromatic rings. The van der Waals surface area contributed by atoms with Crippen LogP contribution in [0.4, 0.5) is 0 Å². The van der Waals surface area contributed by atoms with Gasteiger partial charge in [0.15, 0.2) is 9.84 Å². The minimum Gasteiger partial charge on any atom is -0.350 e. The van der Waals surface area contributed by atoms with Gasteiger partial charge in [-0.25, -0.2) is 13.1 Å². The third-order valence-corrected chi connectivity index (χ3v) is 6.07. The Kier molecular flexibility index (Phi) is 6.10. The Labute approximate surface area is 168 Å². The van der Waals surface area contributed by atoms with Gasteiger partial charge in [0.25, 0.3) is 5.56 Å². The summed E-state index contributed by atoms with van der Waals surface area (Å²) in [5.41, 5.74) is 0.178. The summed E-state index contributed by atoms with van der Waals surface area (Å²) in [6.45, 7) is 0.0650. The maximum absolute atomic E-state index is 12.4. The third kappa shape index (κ3) is 4.70. The molecule has 29 heavy (non-hydrogen) atoms. The molecule has 0 fully saturated rings. The largest absolute Gasteiger partial charge is 0.350 e. The lowest BCUT2D eigenvalue weighted by atomic mass is 10.1. The Bertz CT molecular complexity index is 1240. The summed E-state index contributed by atoms with van der Waals surface area (Å²) in [4.78, 5) is 24.8. The molecule has 0 saturated heterocycles. The fourth-order valence-electron chi connectivity index (χ4n) is 2.87. The van der Waals surface area contributed by atoms with Crippen LogP contribution < -0.4 is 10.9 Å². The molecular weight excluding hydrogens is 390 g/mol. The van der Waals surface area contributed by atoms with E-state index in [9.17, 15) is 18.0 Å². The molecule has 1 amide bonds. The number of fused-ring (bicyclic) bond motifs is 1. The first-order chi connectivity index (χ1) is 13.9. The molecule has 0 bridgehead atoms. The molecule has 8 heteroatoms. The molecule has 2 aromatic carbocycles. The van der Waals surface area contributed by atoms with Crippen molar-refractivity contribution in [2.75, 3.05) is 5.75 Å². The number of sulfone groups is 1. The Hall–Kier alpha value is -3.44. The van der Waals surface area contributed by atoms with Gasteiger partial charge in [0.1, 0.15) is 6.54 Å². The van der Waals surface area contributed by atoms with E-state index in [1.165, 1.54) is 16.8 Å². The van der Waals surface area contributed by atoms with Gasteiger partial charge in [-0.2, -0.15) is 5.10 Å². The monoisotopic (exact) mass is 409 g/mol. The molecule has 0 saturated carbocycles. The molecule has 7 nitrogen and oxygen atoms in total. The van der Waals surface area contributed by atoms with Crippen molar-refractivity contribution < 1.29 is 13.2 Å². The van der Waals surface area contributed by atoms with Crippen LogP contribution in [0.25, 0.3) is 10.8 Å². The molecular formula is C21H19N3O4S. The summed E-state index contributed by atoms with van der Waals surface area (Å²) < 4.78 is 25.8. The second kappa shape index (κ2) is 8.71. The summed E-state index contributed by atoms with van der Waals surface area (Å²) in [6, 6.07) is 14.9. The third-order valence-electron chi connectivity index (χ3n) is 4.34. The van der Waals surface area contributed by atoms with Gasteiger partial charge in [-0.15, -0.1) is 6.42 Å². The smallest absolute Gasteiger partial charge is 0.275 e. The van der Waals surface area contributed by atoms with Gasteiger partial charge in [0, 0.05) is 11.8 Å². The predicted molar refractivity (Wildman–Crippen MR) is 110 cm³/mol. The standard InChI is InChI=1S/C21H19N3O4S/c1-2-13-24-21(26)18-11-7-6-10-17(18)19(23-24)15-22-20(25)12-14-29(27,28)16-8-4-3-5-9-16/h1,3-11H,12-15H2,(H,22,25). The van der Waals surface area contributed by atoms with E-state index in [0.29, 0.717) is 16.5 Å². The van der Waals surface area contributed by atoms with Crippen molar-refractivity contribution in [1.29, 1.82) is 0 Å². The zero-order valence-electron chi connectivity index (χ0n) is 15.5. The van der Waals surface area contributed by atoms with Gasteiger partial charge >= 0.3 is 0 Å². The summed E-state index contributed by atoms with van der Waals surface area (Å²) >= 11 is 0. The Morgan fingerprint density at radius 1 is 1.07 bits per heavy atom. The fraction of sp³-hybridized carbons (Fsp3) is 0.190. The van der Waals surface area contributed by atoms with E-state index in [1.54, 1.807) is 42.5 Å². The van der Waals surface area contributed by atoms with Crippen LogP contribution in [0.15, 0.2) is 64.3 Å². The average Bonchev–Trinajstić information content (AvgIpc) is 2.74. The fourth-order valence-corrected chi connectivity index (χ4v) is 4.13. The van der Waals surface area contributed by atoms with Crippen molar-refractivity contribution in [3.05, 3.63) is 70.6 Å². The van der Waals surface area contributed by atoms with Gasteiger partial charge in [-0.1, -0.05) is 42.3 Å². The van der Waals surface area contributed by atoms with Crippen LogP contribution >= 0.6 is 0 Å². The minimum absolute atomic E-state index is 0.0138. The summed E-state index contributed by atoms with van der Waals surface area (Å²) in [5, 5.41) is 7.98. The lowest BCUT2D eigenvalue weighted by Gasteiger charge is -2.10. The molecule has 0 aliphatic heterocycles. The number of nitrogens with one attached hydrogen (secondary N) is 1. The maximum atomic E-state index is 12.4. The molecule has 0 aliphatic rings. The average molecular weight is 409 g/mol. The second-order valence-electron chi connectivity index (χ2n) is 6.32. The van der Waals surface area contributed by atoms with Crippen molar-refractivity contribution in [3.8, 4) is 12.3 Å². The van der Waals surface area contributed by atoms with Gasteiger partial charge in [-0.05, 0) is 18.2 Å². The Balaban J connectivity index is 1.72. The summed E-state index contributed by atoms with van der Waals surface area (Å²) in [5.74, 6) is 1.66. The first-order valence-electron chi connectivity index (χ1n) is 8.89. The maximum Gasteiger partial charge on any atom is 0.275 e. The number of carbonyl (C=O) groups is 1. The van der Waals surface area contributed by atoms with Crippen LogP contribution in [0.1, 0.15) is 12.1 Å². The van der Waals surface area contributed by atoms with Gasteiger partial charge in [0.05, 0.1) is 28.3 Å². The molecule has 148 valence electrons. The van der Waals surface area contributed by atoms with Crippen molar-refractivity contribution >= 4 is 26.5 Å². The molecule has 0 unspecified atom stereocenters. The quantitative estimate of drug-likeness (QED) is 0.597. The Morgan fingerprint density at radius 2 is 1.72 bits per heavy atom. The normalized spacial score (nSPS) is 11.1. The second-order valence-corrected chi connectivity index (χ2v) is 8.43. The van der Waals surface area contributed by atoms with Gasteiger partial charge in [-0.3, -0.25) is 9.59 Å². The SMILES string of the molecule is C#CCn1nc(CNC(=O)CCS(=O)(=O)c2ccccc2)c2ccccc2c1=O. The van der Waals surface area contributed by atoms with Crippen molar-refractivity contribution in [1.82, 2.24) is 15.1 Å². The number of amides is 1. The van der Waals surface area contributed by atoms with E-state index in [-0.39, 0.29) is 35.7 Å². The van der Waals surface area contributed by atoms with Crippen molar-refractivity contribution in [2.45, 2.75) is 24.4 Å². The topological polar surface area (TPSA) is 98.1 Å². The number of hydrogen-bond donors (Lipinski definition) is 1. The highest BCUT2D eigenvalue weighted by molar-refractivity contribution is 7.91. The number of aromatic nitrogens is 2. The van der Waals surface area contributed by atoms with Crippen LogP contribution in [0, 0.1) is 12.3 Å². The van der Waals surface area contributed by atoms with E-state index >= 15 is 0 Å². The van der Waals surface area contributed by atoms with E-state index in [1.807, 2.05) is 0 Å². The summed E-state index contributed by atoms with van der Waals surface area (Å²) in [7, 11) is -3.54. The zero-order valence-corrected chi connectivity index (χ0v) is 16.4. The van der Waals surface area contributed by atoms with Crippen molar-refractivity contribution in [3.63, 3.8) is 0 Å². The molecule has 1 heterocycles.